The lowest BCUT2D eigenvalue weighted by atomic mass is 9.73. The minimum absolute atomic E-state index is 0.0203. The van der Waals surface area contributed by atoms with Crippen molar-refractivity contribution in [1.82, 2.24) is 4.90 Å². The number of esters is 1. The van der Waals surface area contributed by atoms with E-state index in [0.29, 0.717) is 18.6 Å². The fourth-order valence-corrected chi connectivity index (χ4v) is 12.3. The molecule has 0 unspecified atom stereocenters. The summed E-state index contributed by atoms with van der Waals surface area (Å²) >= 11 is 0. The standard InChI is InChI=1S/C47H91N3O12Si2/c1-23-35-47(12,53)40(51)30(6)37(49-48-27(2)3)28(4)25-45(10,54-15)41(60-44-39(61-63(17,18)19)34(50(13)14)24-29(5)56-44)31(7)38(32(8)43(52)58-35)59-36-26-46(11,55-16)42(33(9)57-36)62-64(20,21)22/h28-36,38-42,44,51,53H,23-26H2,1-22H3/b49-37-/t28-,29+,30+,31+,32-,33+,34-,35-,36+,38+,39+,40-,41-,42+,44-,45-,46-,47-/m1/s1. The van der Waals surface area contributed by atoms with Crippen LogP contribution in [0.4, 0.5) is 0 Å². The Balaban J connectivity index is 2.37. The van der Waals surface area contributed by atoms with Crippen LogP contribution >= 0.6 is 0 Å². The topological polar surface area (TPSA) is 169 Å². The van der Waals surface area contributed by atoms with E-state index in [0.717, 1.165) is 12.1 Å². The van der Waals surface area contributed by atoms with Gasteiger partial charge in [0, 0.05) is 49.9 Å². The summed E-state index contributed by atoms with van der Waals surface area (Å²) in [5.41, 5.74) is -2.49. The molecule has 374 valence electrons. The number of rotatable bonds is 13. The van der Waals surface area contributed by atoms with Gasteiger partial charge in [-0.05, 0) is 134 Å². The molecular weight excluding hydrogens is 855 g/mol. The van der Waals surface area contributed by atoms with Crippen LogP contribution in [0, 0.1) is 23.7 Å². The van der Waals surface area contributed by atoms with Gasteiger partial charge >= 0.3 is 5.97 Å². The zero-order valence-electron chi connectivity index (χ0n) is 43.8. The van der Waals surface area contributed by atoms with Crippen LogP contribution in [0.3, 0.4) is 0 Å². The van der Waals surface area contributed by atoms with Crippen LogP contribution in [0.25, 0.3) is 0 Å². The highest BCUT2D eigenvalue weighted by Crippen LogP contribution is 2.43. The lowest BCUT2D eigenvalue weighted by molar-refractivity contribution is -0.316. The molecule has 2 N–H and O–H groups in total. The summed E-state index contributed by atoms with van der Waals surface area (Å²) < 4.78 is 60.8. The lowest BCUT2D eigenvalue weighted by Gasteiger charge is -2.51. The summed E-state index contributed by atoms with van der Waals surface area (Å²) in [5, 5.41) is 33.4. The lowest BCUT2D eigenvalue weighted by Crippen LogP contribution is -2.63. The first kappa shape index (κ1) is 57.1. The number of carbonyl (C=O) groups excluding carboxylic acids is 1. The summed E-state index contributed by atoms with van der Waals surface area (Å²) in [5.74, 6) is -3.21. The third-order valence-corrected chi connectivity index (χ3v) is 15.5. The molecule has 0 saturated carbocycles. The first-order valence-electron chi connectivity index (χ1n) is 23.7. The van der Waals surface area contributed by atoms with Gasteiger partial charge < -0.3 is 57.1 Å². The van der Waals surface area contributed by atoms with Crippen LogP contribution in [0.1, 0.15) is 109 Å². The Morgan fingerprint density at radius 1 is 0.828 bits per heavy atom. The molecule has 0 aromatic carbocycles. The van der Waals surface area contributed by atoms with Gasteiger partial charge in [0.1, 0.15) is 17.8 Å². The van der Waals surface area contributed by atoms with Crippen molar-refractivity contribution in [2.45, 2.75) is 232 Å². The average molecular weight is 946 g/mol. The van der Waals surface area contributed by atoms with E-state index in [1.807, 2.05) is 69.2 Å². The van der Waals surface area contributed by atoms with Gasteiger partial charge in [0.15, 0.2) is 29.2 Å². The van der Waals surface area contributed by atoms with Crippen LogP contribution in [0.2, 0.25) is 39.3 Å². The fraction of sp³-hybridized carbons (Fsp3) is 0.936. The number of hydrogen-bond acceptors (Lipinski definition) is 15. The zero-order valence-corrected chi connectivity index (χ0v) is 45.8. The summed E-state index contributed by atoms with van der Waals surface area (Å²) in [7, 11) is 3.23. The predicted octanol–water partition coefficient (Wildman–Crippen LogP) is 7.43. The molecule has 18 atom stereocenters. The van der Waals surface area contributed by atoms with Crippen molar-refractivity contribution in [2.75, 3.05) is 28.3 Å². The number of hydrogen-bond donors (Lipinski definition) is 2. The van der Waals surface area contributed by atoms with Gasteiger partial charge in [0.05, 0.1) is 53.7 Å². The molecule has 0 amide bonds. The van der Waals surface area contributed by atoms with Crippen molar-refractivity contribution in [3.8, 4) is 0 Å². The summed E-state index contributed by atoms with van der Waals surface area (Å²) in [6, 6.07) is -0.0203. The van der Waals surface area contributed by atoms with Crippen LogP contribution in [-0.2, 0) is 46.8 Å². The largest absolute Gasteiger partial charge is 0.459 e. The highest BCUT2D eigenvalue weighted by atomic mass is 28.4. The first-order chi connectivity index (χ1) is 29.2. The number of aliphatic hydroxyl groups excluding tert-OH is 1. The Morgan fingerprint density at radius 3 is 1.89 bits per heavy atom. The maximum Gasteiger partial charge on any atom is 0.311 e. The Kier molecular flexibility index (Phi) is 20.1. The molecule has 3 fully saturated rings. The van der Waals surface area contributed by atoms with Gasteiger partial charge in [-0.1, -0.05) is 27.7 Å². The number of methoxy groups -OCH3 is 2. The van der Waals surface area contributed by atoms with E-state index >= 15 is 0 Å². The minimum atomic E-state index is -2.17. The third-order valence-electron chi connectivity index (χ3n) is 13.6. The highest BCUT2D eigenvalue weighted by molar-refractivity contribution is 6.70. The van der Waals surface area contributed by atoms with Crippen LogP contribution < -0.4 is 0 Å². The molecule has 0 aromatic heterocycles. The van der Waals surface area contributed by atoms with E-state index in [1.165, 1.54) is 6.92 Å². The van der Waals surface area contributed by atoms with E-state index < -0.39 is 106 Å². The maximum absolute atomic E-state index is 14.7. The fourth-order valence-electron chi connectivity index (χ4n) is 10.1. The van der Waals surface area contributed by atoms with E-state index in [1.54, 1.807) is 21.1 Å². The van der Waals surface area contributed by atoms with E-state index in [-0.39, 0.29) is 30.6 Å². The molecule has 15 nitrogen and oxygen atoms in total. The van der Waals surface area contributed by atoms with Gasteiger partial charge in [-0.15, -0.1) is 0 Å². The van der Waals surface area contributed by atoms with Crippen molar-refractivity contribution in [1.29, 1.82) is 0 Å². The van der Waals surface area contributed by atoms with Crippen molar-refractivity contribution in [3.63, 3.8) is 0 Å². The van der Waals surface area contributed by atoms with Crippen molar-refractivity contribution < 1.29 is 57.0 Å². The Morgan fingerprint density at radius 2 is 1.39 bits per heavy atom. The minimum Gasteiger partial charge on any atom is -0.459 e. The molecule has 3 aliphatic rings. The molecule has 0 spiro atoms. The molecule has 3 aliphatic heterocycles. The summed E-state index contributed by atoms with van der Waals surface area (Å²) in [4.78, 5) is 16.9. The third kappa shape index (κ3) is 14.2. The van der Waals surface area contributed by atoms with E-state index in [4.69, 9.17) is 47.1 Å². The van der Waals surface area contributed by atoms with Crippen LogP contribution in [0.15, 0.2) is 10.2 Å². The zero-order chi connectivity index (χ0) is 49.1. The average Bonchev–Trinajstić information content (AvgIpc) is 3.17. The molecular formula is C47H91N3O12Si2. The van der Waals surface area contributed by atoms with Crippen molar-refractivity contribution in [2.24, 2.45) is 33.9 Å². The second-order valence-corrected chi connectivity index (χ2v) is 31.1. The molecule has 3 saturated heterocycles. The number of ether oxygens (including phenoxy) is 7. The van der Waals surface area contributed by atoms with Gasteiger partial charge in [-0.3, -0.25) is 4.79 Å². The number of carbonyl (C=O) groups is 1. The number of likely N-dealkylation sites (N-methyl/N-ethyl adjacent to an activating group) is 1. The molecule has 17 heteroatoms. The number of nitrogens with zero attached hydrogens (tertiary/aromatic N) is 3. The van der Waals surface area contributed by atoms with Crippen LogP contribution in [-0.4, -0.2) is 162 Å². The van der Waals surface area contributed by atoms with Gasteiger partial charge in [0.25, 0.3) is 0 Å². The maximum atomic E-state index is 14.7. The predicted molar refractivity (Wildman–Crippen MR) is 257 cm³/mol. The highest BCUT2D eigenvalue weighted by Gasteiger charge is 2.55. The second-order valence-electron chi connectivity index (χ2n) is 22.2. The SMILES string of the molecule is CC[C@H]1OC(=O)[C@H](C)[C@@H](O[C@H]2C[C@@](C)(OC)[C@@H](O[Si](C)(C)C)[C@H](C)O2)[C@H](C)[C@@H](O[C@H]2O[C@@H](C)C[C@@H](N(C)C)[C@@H]2O[Si](C)(C)C)[C@](C)(OC)C[C@@H](C)/C(=N/N=C(C)C)[C@H](C)[C@@H](O)[C@]1(C)O. The molecule has 0 aromatic rings. The molecule has 3 rings (SSSR count). The normalized spacial score (nSPS) is 43.2. The molecule has 0 aliphatic carbocycles. The van der Waals surface area contributed by atoms with Gasteiger partial charge in [-0.2, -0.15) is 10.2 Å². The smallest absolute Gasteiger partial charge is 0.311 e. The van der Waals surface area contributed by atoms with Crippen LogP contribution in [0.5, 0.6) is 0 Å². The van der Waals surface area contributed by atoms with E-state index in [2.05, 4.69) is 63.4 Å². The monoisotopic (exact) mass is 946 g/mol. The first-order valence-corrected chi connectivity index (χ1v) is 30.5. The number of aliphatic hydroxyl groups is 2. The van der Waals surface area contributed by atoms with Crippen molar-refractivity contribution >= 4 is 34.0 Å². The summed E-state index contributed by atoms with van der Waals surface area (Å²) in [6.45, 7) is 35.6. The Labute approximate surface area is 389 Å². The quantitative estimate of drug-likeness (QED) is 0.0811. The van der Waals surface area contributed by atoms with Gasteiger partial charge in [-0.25, -0.2) is 0 Å². The summed E-state index contributed by atoms with van der Waals surface area (Å²) in [6.07, 6.45) is -5.62. The van der Waals surface area contributed by atoms with Gasteiger partial charge in [0.2, 0.25) is 0 Å². The Bertz CT molecular complexity index is 1570. The second kappa shape index (κ2) is 22.5. The Hall–Kier alpha value is -1.20. The molecule has 3 heterocycles. The van der Waals surface area contributed by atoms with Crippen molar-refractivity contribution in [3.05, 3.63) is 0 Å². The molecule has 0 bridgehead atoms. The van der Waals surface area contributed by atoms with E-state index in [9.17, 15) is 15.0 Å². The molecule has 0 radical (unpaired) electrons. The molecule has 64 heavy (non-hydrogen) atoms. The number of cyclic esters (lactones) is 1.